The summed E-state index contributed by atoms with van der Waals surface area (Å²) in [6, 6.07) is 11.4. The van der Waals surface area contributed by atoms with Crippen LogP contribution in [-0.4, -0.2) is 22.7 Å². The Morgan fingerprint density at radius 2 is 1.57 bits per heavy atom. The van der Waals surface area contributed by atoms with Gasteiger partial charge in [0.25, 0.3) is 5.69 Å². The Kier molecular flexibility index (Phi) is 4.02. The van der Waals surface area contributed by atoms with E-state index in [-0.39, 0.29) is 58.2 Å². The molecule has 2 fully saturated rings. The molecule has 0 spiro atoms. The molecule has 1 saturated heterocycles. The Balaban J connectivity index is 1.42. The van der Waals surface area contributed by atoms with Crippen molar-refractivity contribution in [2.24, 2.45) is 23.7 Å². The van der Waals surface area contributed by atoms with E-state index in [1.54, 1.807) is 18.2 Å². The summed E-state index contributed by atoms with van der Waals surface area (Å²) in [5.74, 6) is -1.73. The SMILES string of the molecule is O=C(Oc1ccccc1N1C(=O)[C@@H]2[C@H](C1=O)[C@H]1C=C[C@H]2C1)c1ccc([N+](=O)[O-])cc1. The summed E-state index contributed by atoms with van der Waals surface area (Å²) in [6.45, 7) is 0. The van der Waals surface area contributed by atoms with E-state index in [0.717, 1.165) is 11.3 Å². The van der Waals surface area contributed by atoms with Gasteiger partial charge in [-0.2, -0.15) is 0 Å². The molecule has 30 heavy (non-hydrogen) atoms. The average molecular weight is 404 g/mol. The fourth-order valence-corrected chi connectivity index (χ4v) is 4.75. The number of nitrogens with zero attached hydrogens (tertiary/aromatic N) is 2. The first-order chi connectivity index (χ1) is 14.5. The van der Waals surface area contributed by atoms with Gasteiger partial charge in [-0.3, -0.25) is 19.7 Å². The molecule has 150 valence electrons. The number of hydrogen-bond donors (Lipinski definition) is 0. The zero-order chi connectivity index (χ0) is 21.0. The minimum atomic E-state index is -0.738. The van der Waals surface area contributed by atoms with Gasteiger partial charge in [0, 0.05) is 12.1 Å². The van der Waals surface area contributed by atoms with Crippen molar-refractivity contribution >= 4 is 29.2 Å². The number of benzene rings is 2. The minimum Gasteiger partial charge on any atom is -0.421 e. The Hall–Kier alpha value is -3.81. The highest BCUT2D eigenvalue weighted by molar-refractivity contribution is 6.23. The van der Waals surface area contributed by atoms with Gasteiger partial charge in [-0.1, -0.05) is 24.3 Å². The normalized spacial score (nSPS) is 26.2. The lowest BCUT2D eigenvalue weighted by molar-refractivity contribution is -0.384. The van der Waals surface area contributed by atoms with Crippen LogP contribution in [0.4, 0.5) is 11.4 Å². The number of imide groups is 1. The summed E-state index contributed by atoms with van der Waals surface area (Å²) in [4.78, 5) is 50.0. The predicted molar refractivity (Wildman–Crippen MR) is 105 cm³/mol. The minimum absolute atomic E-state index is 0.0799. The quantitative estimate of drug-likeness (QED) is 0.194. The number of anilines is 1. The third-order valence-corrected chi connectivity index (χ3v) is 6.09. The number of nitro groups is 1. The van der Waals surface area contributed by atoms with Gasteiger partial charge in [0.15, 0.2) is 5.75 Å². The first kappa shape index (κ1) is 18.2. The Morgan fingerprint density at radius 1 is 0.967 bits per heavy atom. The van der Waals surface area contributed by atoms with Crippen LogP contribution in [0.2, 0.25) is 0 Å². The van der Waals surface area contributed by atoms with E-state index in [1.807, 2.05) is 12.2 Å². The summed E-state index contributed by atoms with van der Waals surface area (Å²) in [7, 11) is 0. The van der Waals surface area contributed by atoms with Gasteiger partial charge in [-0.15, -0.1) is 0 Å². The number of carbonyl (C=O) groups excluding carboxylic acids is 3. The number of amides is 2. The van der Waals surface area contributed by atoms with E-state index < -0.39 is 10.9 Å². The average Bonchev–Trinajstić information content (AvgIpc) is 3.42. The molecule has 8 nitrogen and oxygen atoms in total. The molecule has 0 aromatic heterocycles. The molecule has 1 heterocycles. The van der Waals surface area contributed by atoms with Crippen molar-refractivity contribution in [2.45, 2.75) is 6.42 Å². The number of para-hydroxylation sites is 2. The predicted octanol–water partition coefficient (Wildman–Crippen LogP) is 3.13. The van der Waals surface area contributed by atoms with Crippen LogP contribution in [0.5, 0.6) is 5.75 Å². The summed E-state index contributed by atoms with van der Waals surface area (Å²) in [6.07, 6.45) is 4.86. The van der Waals surface area contributed by atoms with Crippen molar-refractivity contribution in [2.75, 3.05) is 4.90 Å². The molecular weight excluding hydrogens is 388 g/mol. The van der Waals surface area contributed by atoms with E-state index in [0.29, 0.717) is 0 Å². The highest BCUT2D eigenvalue weighted by atomic mass is 16.6. The number of nitro benzene ring substituents is 1. The fourth-order valence-electron chi connectivity index (χ4n) is 4.75. The Morgan fingerprint density at radius 3 is 2.17 bits per heavy atom. The second-order valence-electron chi connectivity index (χ2n) is 7.67. The molecule has 5 rings (SSSR count). The van der Waals surface area contributed by atoms with Gasteiger partial charge in [-0.25, -0.2) is 9.69 Å². The van der Waals surface area contributed by atoms with E-state index in [9.17, 15) is 24.5 Å². The third-order valence-electron chi connectivity index (χ3n) is 6.09. The molecule has 1 saturated carbocycles. The number of fused-ring (bicyclic) bond motifs is 5. The first-order valence-corrected chi connectivity index (χ1v) is 9.57. The molecule has 4 atom stereocenters. The molecule has 0 radical (unpaired) electrons. The van der Waals surface area contributed by atoms with Crippen LogP contribution in [0.3, 0.4) is 0 Å². The molecule has 0 unspecified atom stereocenters. The molecule has 2 aliphatic carbocycles. The molecule has 1 aliphatic heterocycles. The van der Waals surface area contributed by atoms with Crippen LogP contribution in [0, 0.1) is 33.8 Å². The highest BCUT2D eigenvalue weighted by Gasteiger charge is 2.59. The van der Waals surface area contributed by atoms with Gasteiger partial charge in [0.05, 0.1) is 28.0 Å². The molecule has 2 bridgehead atoms. The molecule has 2 aromatic carbocycles. The second-order valence-corrected chi connectivity index (χ2v) is 7.67. The van der Waals surface area contributed by atoms with E-state index in [1.165, 1.54) is 30.3 Å². The van der Waals surface area contributed by atoms with Crippen LogP contribution < -0.4 is 9.64 Å². The monoisotopic (exact) mass is 404 g/mol. The smallest absolute Gasteiger partial charge is 0.343 e. The van der Waals surface area contributed by atoms with Gasteiger partial charge < -0.3 is 4.74 Å². The summed E-state index contributed by atoms with van der Waals surface area (Å²) < 4.78 is 5.46. The van der Waals surface area contributed by atoms with Crippen molar-refractivity contribution in [1.29, 1.82) is 0 Å². The standard InChI is InChI=1S/C22H16N2O6/c25-20-18-13-5-6-14(11-13)19(18)21(26)23(20)16-3-1-2-4-17(16)30-22(27)12-7-9-15(10-8-12)24(28)29/h1-10,13-14,18-19H,11H2/t13-,14-,18-,19+/m0/s1. The van der Waals surface area contributed by atoms with Crippen LogP contribution in [0.1, 0.15) is 16.8 Å². The number of rotatable bonds is 4. The lowest BCUT2D eigenvalue weighted by atomic mass is 9.85. The van der Waals surface area contributed by atoms with Crippen molar-refractivity contribution in [3.05, 3.63) is 76.4 Å². The molecule has 2 amide bonds. The molecular formula is C22H16N2O6. The fraction of sp³-hybridized carbons (Fsp3) is 0.227. The molecule has 3 aliphatic rings. The second kappa shape index (κ2) is 6.62. The van der Waals surface area contributed by atoms with Gasteiger partial charge >= 0.3 is 5.97 Å². The highest BCUT2D eigenvalue weighted by Crippen LogP contribution is 2.53. The van der Waals surface area contributed by atoms with E-state index >= 15 is 0 Å². The van der Waals surface area contributed by atoms with Gasteiger partial charge in [-0.05, 0) is 42.5 Å². The number of ether oxygens (including phenoxy) is 1. The summed E-state index contributed by atoms with van der Waals surface area (Å²) in [5.41, 5.74) is 0.208. The lowest BCUT2D eigenvalue weighted by Crippen LogP contribution is -2.33. The van der Waals surface area contributed by atoms with Crippen molar-refractivity contribution in [3.8, 4) is 5.75 Å². The van der Waals surface area contributed by atoms with Gasteiger partial charge in [0.2, 0.25) is 11.8 Å². The number of non-ortho nitro benzene ring substituents is 1. The largest absolute Gasteiger partial charge is 0.421 e. The summed E-state index contributed by atoms with van der Waals surface area (Å²) in [5, 5.41) is 10.8. The number of esters is 1. The van der Waals surface area contributed by atoms with Crippen LogP contribution in [0.15, 0.2) is 60.7 Å². The zero-order valence-electron chi connectivity index (χ0n) is 15.6. The maximum Gasteiger partial charge on any atom is 0.343 e. The number of allylic oxidation sites excluding steroid dienone is 2. The third kappa shape index (κ3) is 2.64. The van der Waals surface area contributed by atoms with Crippen LogP contribution in [-0.2, 0) is 9.59 Å². The Labute approximate surface area is 170 Å². The summed E-state index contributed by atoms with van der Waals surface area (Å²) >= 11 is 0. The van der Waals surface area contributed by atoms with Crippen molar-refractivity contribution in [1.82, 2.24) is 0 Å². The molecule has 0 N–H and O–H groups in total. The van der Waals surface area contributed by atoms with Crippen molar-refractivity contribution < 1.29 is 24.0 Å². The van der Waals surface area contributed by atoms with E-state index in [2.05, 4.69) is 0 Å². The van der Waals surface area contributed by atoms with Crippen LogP contribution >= 0.6 is 0 Å². The van der Waals surface area contributed by atoms with E-state index in [4.69, 9.17) is 4.74 Å². The van der Waals surface area contributed by atoms with Crippen molar-refractivity contribution in [3.63, 3.8) is 0 Å². The Bertz CT molecular complexity index is 1090. The molecule has 2 aromatic rings. The lowest BCUT2D eigenvalue weighted by Gasteiger charge is -2.20. The maximum absolute atomic E-state index is 13.1. The first-order valence-electron chi connectivity index (χ1n) is 9.57. The van der Waals surface area contributed by atoms with Crippen LogP contribution in [0.25, 0.3) is 0 Å². The zero-order valence-corrected chi connectivity index (χ0v) is 15.6. The van der Waals surface area contributed by atoms with Gasteiger partial charge in [0.1, 0.15) is 0 Å². The number of carbonyl (C=O) groups is 3. The topological polar surface area (TPSA) is 107 Å². The molecule has 8 heteroatoms. The number of hydrogen-bond acceptors (Lipinski definition) is 6. The maximum atomic E-state index is 13.1.